The van der Waals surface area contributed by atoms with E-state index >= 15 is 0 Å². The summed E-state index contributed by atoms with van der Waals surface area (Å²) in [5.41, 5.74) is 0.673. The molecule has 0 radical (unpaired) electrons. The van der Waals surface area contributed by atoms with Gasteiger partial charge in [0, 0.05) is 13.1 Å². The Morgan fingerprint density at radius 2 is 2.00 bits per heavy atom. The predicted molar refractivity (Wildman–Crippen MR) is 81.7 cm³/mol. The monoisotopic (exact) mass is 289 g/mol. The molecule has 2 rings (SSSR count). The first-order valence-corrected chi connectivity index (χ1v) is 7.06. The van der Waals surface area contributed by atoms with E-state index in [9.17, 15) is 4.39 Å². The number of nitrogens with zero attached hydrogens (tertiary/aromatic N) is 3. The third kappa shape index (κ3) is 4.98. The van der Waals surface area contributed by atoms with Crippen LogP contribution in [0.5, 0.6) is 0 Å². The summed E-state index contributed by atoms with van der Waals surface area (Å²) >= 11 is 0. The lowest BCUT2D eigenvalue weighted by Crippen LogP contribution is -2.13. The second-order valence-electron chi connectivity index (χ2n) is 5.21. The van der Waals surface area contributed by atoms with Crippen molar-refractivity contribution in [3.63, 3.8) is 0 Å². The molecule has 0 fully saturated rings. The summed E-state index contributed by atoms with van der Waals surface area (Å²) in [4.78, 5) is 4.31. The van der Waals surface area contributed by atoms with Crippen LogP contribution in [0.3, 0.4) is 0 Å². The summed E-state index contributed by atoms with van der Waals surface area (Å²) in [6, 6.07) is 6.75. The Morgan fingerprint density at radius 1 is 1.19 bits per heavy atom. The van der Waals surface area contributed by atoms with Crippen molar-refractivity contribution in [2.75, 3.05) is 23.7 Å². The van der Waals surface area contributed by atoms with Crippen molar-refractivity contribution in [3.8, 4) is 0 Å². The lowest BCUT2D eigenvalue weighted by Gasteiger charge is -2.09. The van der Waals surface area contributed by atoms with Crippen LogP contribution in [0.2, 0.25) is 0 Å². The first kappa shape index (κ1) is 15.2. The summed E-state index contributed by atoms with van der Waals surface area (Å²) < 4.78 is 13.5. The van der Waals surface area contributed by atoms with E-state index in [0.717, 1.165) is 6.54 Å². The smallest absolute Gasteiger partial charge is 0.244 e. The topological polar surface area (TPSA) is 62.7 Å². The SMILES string of the molecule is CC(C)CNc1cnnc(NCCc2ccccc2F)n1. The molecule has 112 valence electrons. The van der Waals surface area contributed by atoms with Crippen LogP contribution in [0.15, 0.2) is 30.5 Å². The minimum atomic E-state index is -0.189. The zero-order valence-corrected chi connectivity index (χ0v) is 12.3. The highest BCUT2D eigenvalue weighted by Crippen LogP contribution is 2.08. The maximum Gasteiger partial charge on any atom is 0.244 e. The summed E-state index contributed by atoms with van der Waals surface area (Å²) in [5.74, 6) is 1.47. The second kappa shape index (κ2) is 7.52. The zero-order chi connectivity index (χ0) is 15.1. The normalized spacial score (nSPS) is 10.7. The van der Waals surface area contributed by atoms with Gasteiger partial charge in [-0.2, -0.15) is 10.1 Å². The van der Waals surface area contributed by atoms with Gasteiger partial charge in [-0.3, -0.25) is 0 Å². The van der Waals surface area contributed by atoms with E-state index in [1.807, 2.05) is 6.07 Å². The Bertz CT molecular complexity index is 573. The fourth-order valence-corrected chi connectivity index (χ4v) is 1.78. The Hall–Kier alpha value is -2.24. The fourth-order valence-electron chi connectivity index (χ4n) is 1.78. The molecule has 0 aliphatic carbocycles. The Labute approximate surface area is 124 Å². The molecule has 1 heterocycles. The molecule has 2 aromatic rings. The van der Waals surface area contributed by atoms with Gasteiger partial charge < -0.3 is 10.6 Å². The molecule has 0 atom stereocenters. The number of rotatable bonds is 7. The van der Waals surface area contributed by atoms with Gasteiger partial charge in [0.1, 0.15) is 5.82 Å². The van der Waals surface area contributed by atoms with E-state index in [-0.39, 0.29) is 5.82 Å². The Morgan fingerprint density at radius 3 is 2.76 bits per heavy atom. The third-order valence-corrected chi connectivity index (χ3v) is 2.89. The molecule has 2 N–H and O–H groups in total. The van der Waals surface area contributed by atoms with Gasteiger partial charge in [-0.25, -0.2) is 4.39 Å². The highest BCUT2D eigenvalue weighted by Gasteiger charge is 2.03. The van der Waals surface area contributed by atoms with E-state index in [1.165, 1.54) is 6.07 Å². The van der Waals surface area contributed by atoms with Gasteiger partial charge in [0.05, 0.1) is 6.20 Å². The van der Waals surface area contributed by atoms with E-state index in [0.29, 0.717) is 36.2 Å². The number of halogens is 1. The summed E-state index contributed by atoms with van der Waals surface area (Å²) in [7, 11) is 0. The molecule has 0 spiro atoms. The van der Waals surface area contributed by atoms with Crippen molar-refractivity contribution in [2.24, 2.45) is 5.92 Å². The minimum Gasteiger partial charge on any atom is -0.368 e. The molecule has 0 aliphatic rings. The van der Waals surface area contributed by atoms with Gasteiger partial charge in [0.2, 0.25) is 5.95 Å². The average molecular weight is 289 g/mol. The van der Waals surface area contributed by atoms with Crippen LogP contribution in [0.1, 0.15) is 19.4 Å². The van der Waals surface area contributed by atoms with Crippen molar-refractivity contribution in [2.45, 2.75) is 20.3 Å². The molecule has 5 nitrogen and oxygen atoms in total. The summed E-state index contributed by atoms with van der Waals surface area (Å²) in [6.45, 7) is 5.62. The molecule has 0 aliphatic heterocycles. The molecule has 0 bridgehead atoms. The number of benzene rings is 1. The van der Waals surface area contributed by atoms with Crippen LogP contribution in [0.4, 0.5) is 16.2 Å². The first-order valence-electron chi connectivity index (χ1n) is 7.06. The van der Waals surface area contributed by atoms with Gasteiger partial charge >= 0.3 is 0 Å². The van der Waals surface area contributed by atoms with E-state index < -0.39 is 0 Å². The van der Waals surface area contributed by atoms with Crippen LogP contribution in [-0.4, -0.2) is 28.3 Å². The Balaban J connectivity index is 1.86. The van der Waals surface area contributed by atoms with Crippen LogP contribution in [-0.2, 0) is 6.42 Å². The van der Waals surface area contributed by atoms with Crippen molar-refractivity contribution >= 4 is 11.8 Å². The number of aromatic nitrogens is 3. The summed E-state index contributed by atoms with van der Waals surface area (Å²) in [6.07, 6.45) is 2.16. The maximum absolute atomic E-state index is 13.5. The maximum atomic E-state index is 13.5. The average Bonchev–Trinajstić information content (AvgIpc) is 2.48. The Kier molecular flexibility index (Phi) is 5.43. The number of nitrogens with one attached hydrogen (secondary N) is 2. The minimum absolute atomic E-state index is 0.189. The van der Waals surface area contributed by atoms with E-state index in [2.05, 4.69) is 39.7 Å². The van der Waals surface area contributed by atoms with Crippen molar-refractivity contribution in [1.29, 1.82) is 0 Å². The van der Waals surface area contributed by atoms with Crippen molar-refractivity contribution < 1.29 is 4.39 Å². The van der Waals surface area contributed by atoms with Crippen LogP contribution >= 0.6 is 0 Å². The van der Waals surface area contributed by atoms with Crippen LogP contribution in [0.25, 0.3) is 0 Å². The molecular formula is C15H20FN5. The molecule has 0 unspecified atom stereocenters. The number of hydrogen-bond donors (Lipinski definition) is 2. The molecular weight excluding hydrogens is 269 g/mol. The van der Waals surface area contributed by atoms with E-state index in [1.54, 1.807) is 18.3 Å². The van der Waals surface area contributed by atoms with Crippen LogP contribution < -0.4 is 10.6 Å². The molecule has 1 aromatic carbocycles. The standard InChI is InChI=1S/C15H20FN5/c1-11(2)9-18-14-10-19-21-15(20-14)17-8-7-12-5-3-4-6-13(12)16/h3-6,10-11H,7-9H2,1-2H3,(H2,17,18,20,21). The van der Waals surface area contributed by atoms with Gasteiger partial charge in [-0.1, -0.05) is 32.0 Å². The summed E-state index contributed by atoms with van der Waals surface area (Å²) in [5, 5.41) is 14.1. The molecule has 21 heavy (non-hydrogen) atoms. The van der Waals surface area contributed by atoms with Gasteiger partial charge in [-0.05, 0) is 24.0 Å². The largest absolute Gasteiger partial charge is 0.368 e. The highest BCUT2D eigenvalue weighted by molar-refractivity contribution is 5.37. The highest BCUT2D eigenvalue weighted by atomic mass is 19.1. The predicted octanol–water partition coefficient (Wildman–Crippen LogP) is 2.73. The molecule has 0 amide bonds. The molecule has 1 aromatic heterocycles. The number of anilines is 2. The van der Waals surface area contributed by atoms with Gasteiger partial charge in [0.25, 0.3) is 0 Å². The van der Waals surface area contributed by atoms with E-state index in [4.69, 9.17) is 0 Å². The quantitative estimate of drug-likeness (QED) is 0.820. The lowest BCUT2D eigenvalue weighted by atomic mass is 10.1. The molecule has 0 saturated heterocycles. The lowest BCUT2D eigenvalue weighted by molar-refractivity contribution is 0.610. The van der Waals surface area contributed by atoms with Crippen LogP contribution in [0, 0.1) is 11.7 Å². The van der Waals surface area contributed by atoms with Gasteiger partial charge in [0.15, 0.2) is 5.82 Å². The molecule has 6 heteroatoms. The van der Waals surface area contributed by atoms with Crippen molar-refractivity contribution in [3.05, 3.63) is 41.8 Å². The zero-order valence-electron chi connectivity index (χ0n) is 12.3. The fraction of sp³-hybridized carbons (Fsp3) is 0.400. The first-order chi connectivity index (χ1) is 10.1. The number of hydrogen-bond acceptors (Lipinski definition) is 5. The van der Waals surface area contributed by atoms with Crippen molar-refractivity contribution in [1.82, 2.24) is 15.2 Å². The molecule has 0 saturated carbocycles. The third-order valence-electron chi connectivity index (χ3n) is 2.89. The second-order valence-corrected chi connectivity index (χ2v) is 5.21. The van der Waals surface area contributed by atoms with Gasteiger partial charge in [-0.15, -0.1) is 5.10 Å².